The van der Waals surface area contributed by atoms with E-state index >= 15 is 0 Å². The van der Waals surface area contributed by atoms with Crippen molar-refractivity contribution in [3.8, 4) is 0 Å². The standard InChI is InChI=1S/C14H29NO/c1-4-9-15-11-14(12(2)3)16-10-8-13-6-5-7-13/h12-15H,4-11H2,1-3H3. The molecule has 0 radical (unpaired) electrons. The summed E-state index contributed by atoms with van der Waals surface area (Å²) in [5, 5.41) is 3.46. The van der Waals surface area contributed by atoms with E-state index in [4.69, 9.17) is 4.74 Å². The van der Waals surface area contributed by atoms with Gasteiger partial charge in [0.05, 0.1) is 6.10 Å². The van der Waals surface area contributed by atoms with Gasteiger partial charge in [0.15, 0.2) is 0 Å². The van der Waals surface area contributed by atoms with Gasteiger partial charge in [-0.2, -0.15) is 0 Å². The molecular formula is C14H29NO. The highest BCUT2D eigenvalue weighted by molar-refractivity contribution is 4.70. The Balaban J connectivity index is 2.06. The van der Waals surface area contributed by atoms with Crippen LogP contribution in [-0.4, -0.2) is 25.8 Å². The minimum atomic E-state index is 0.395. The Bertz CT molecular complexity index is 166. The van der Waals surface area contributed by atoms with Crippen molar-refractivity contribution in [2.45, 2.75) is 59.0 Å². The number of nitrogens with one attached hydrogen (secondary N) is 1. The smallest absolute Gasteiger partial charge is 0.0722 e. The van der Waals surface area contributed by atoms with Gasteiger partial charge in [0.25, 0.3) is 0 Å². The summed E-state index contributed by atoms with van der Waals surface area (Å²) in [7, 11) is 0. The molecule has 0 aromatic heterocycles. The maximum absolute atomic E-state index is 5.99. The molecule has 1 atom stereocenters. The molecule has 1 aliphatic carbocycles. The molecule has 0 saturated heterocycles. The lowest BCUT2D eigenvalue weighted by Gasteiger charge is -2.27. The molecule has 0 aromatic rings. The highest BCUT2D eigenvalue weighted by Gasteiger charge is 2.18. The minimum absolute atomic E-state index is 0.395. The van der Waals surface area contributed by atoms with Crippen LogP contribution in [-0.2, 0) is 4.74 Å². The minimum Gasteiger partial charge on any atom is -0.377 e. The Morgan fingerprint density at radius 2 is 2.06 bits per heavy atom. The fourth-order valence-electron chi connectivity index (χ4n) is 2.08. The van der Waals surface area contributed by atoms with Crippen molar-refractivity contribution in [3.63, 3.8) is 0 Å². The summed E-state index contributed by atoms with van der Waals surface area (Å²) in [5.41, 5.74) is 0. The molecular weight excluding hydrogens is 198 g/mol. The molecule has 0 amide bonds. The predicted octanol–water partition coefficient (Wildman–Crippen LogP) is 3.22. The van der Waals surface area contributed by atoms with E-state index in [1.807, 2.05) is 0 Å². The van der Waals surface area contributed by atoms with Crippen molar-refractivity contribution in [3.05, 3.63) is 0 Å². The van der Waals surface area contributed by atoms with Crippen LogP contribution in [0.2, 0.25) is 0 Å². The maximum atomic E-state index is 5.99. The summed E-state index contributed by atoms with van der Waals surface area (Å²) in [4.78, 5) is 0. The van der Waals surface area contributed by atoms with Crippen LogP contribution in [0.1, 0.15) is 52.9 Å². The Hall–Kier alpha value is -0.0800. The third-order valence-corrected chi connectivity index (χ3v) is 3.60. The molecule has 0 aliphatic heterocycles. The summed E-state index contributed by atoms with van der Waals surface area (Å²) in [6.45, 7) is 9.78. The van der Waals surface area contributed by atoms with Crippen LogP contribution >= 0.6 is 0 Å². The van der Waals surface area contributed by atoms with Crippen molar-refractivity contribution in [1.29, 1.82) is 0 Å². The largest absolute Gasteiger partial charge is 0.377 e. The Morgan fingerprint density at radius 3 is 2.56 bits per heavy atom. The highest BCUT2D eigenvalue weighted by Crippen LogP contribution is 2.29. The molecule has 16 heavy (non-hydrogen) atoms. The molecule has 1 fully saturated rings. The molecule has 0 heterocycles. The fourth-order valence-corrected chi connectivity index (χ4v) is 2.08. The van der Waals surface area contributed by atoms with E-state index in [2.05, 4.69) is 26.1 Å². The summed E-state index contributed by atoms with van der Waals surface area (Å²) < 4.78 is 5.99. The van der Waals surface area contributed by atoms with Gasteiger partial charge in [0, 0.05) is 13.2 Å². The molecule has 1 unspecified atom stereocenters. The van der Waals surface area contributed by atoms with Crippen LogP contribution < -0.4 is 5.32 Å². The van der Waals surface area contributed by atoms with E-state index in [1.165, 1.54) is 32.1 Å². The lowest BCUT2D eigenvalue weighted by molar-refractivity contribution is 0.0113. The molecule has 1 aliphatic rings. The van der Waals surface area contributed by atoms with Gasteiger partial charge in [0.2, 0.25) is 0 Å². The molecule has 2 heteroatoms. The quantitative estimate of drug-likeness (QED) is 0.611. The van der Waals surface area contributed by atoms with Gasteiger partial charge in [-0.25, -0.2) is 0 Å². The summed E-state index contributed by atoms with van der Waals surface area (Å²) in [5.74, 6) is 1.59. The Labute approximate surface area is 101 Å². The lowest BCUT2D eigenvalue weighted by Crippen LogP contribution is -2.34. The first-order chi connectivity index (χ1) is 7.74. The average molecular weight is 227 g/mol. The van der Waals surface area contributed by atoms with Crippen LogP contribution in [0.25, 0.3) is 0 Å². The lowest BCUT2D eigenvalue weighted by atomic mass is 9.83. The number of ether oxygens (including phenoxy) is 1. The molecule has 1 N–H and O–H groups in total. The summed E-state index contributed by atoms with van der Waals surface area (Å²) >= 11 is 0. The van der Waals surface area contributed by atoms with Crippen molar-refractivity contribution >= 4 is 0 Å². The Kier molecular flexibility index (Phi) is 7.06. The molecule has 0 aromatic carbocycles. The normalized spacial score (nSPS) is 18.8. The average Bonchev–Trinajstić information content (AvgIpc) is 2.18. The number of hydrogen-bond acceptors (Lipinski definition) is 2. The van der Waals surface area contributed by atoms with Gasteiger partial charge < -0.3 is 10.1 Å². The molecule has 1 rings (SSSR count). The van der Waals surface area contributed by atoms with E-state index in [0.717, 1.165) is 25.6 Å². The molecule has 0 spiro atoms. The first-order valence-electron chi connectivity index (χ1n) is 7.06. The molecule has 2 nitrogen and oxygen atoms in total. The number of hydrogen-bond donors (Lipinski definition) is 1. The second-order valence-corrected chi connectivity index (χ2v) is 5.44. The van der Waals surface area contributed by atoms with Gasteiger partial charge in [-0.3, -0.25) is 0 Å². The predicted molar refractivity (Wildman–Crippen MR) is 69.7 cm³/mol. The Morgan fingerprint density at radius 1 is 1.31 bits per heavy atom. The monoisotopic (exact) mass is 227 g/mol. The highest BCUT2D eigenvalue weighted by atomic mass is 16.5. The zero-order chi connectivity index (χ0) is 11.8. The van der Waals surface area contributed by atoms with Crippen molar-refractivity contribution < 1.29 is 4.74 Å². The summed E-state index contributed by atoms with van der Waals surface area (Å²) in [6, 6.07) is 0. The summed E-state index contributed by atoms with van der Waals surface area (Å²) in [6.07, 6.45) is 7.18. The van der Waals surface area contributed by atoms with Crippen LogP contribution in [0.5, 0.6) is 0 Å². The zero-order valence-corrected chi connectivity index (χ0v) is 11.3. The van der Waals surface area contributed by atoms with Crippen LogP contribution in [0.4, 0.5) is 0 Å². The third kappa shape index (κ3) is 5.31. The topological polar surface area (TPSA) is 21.3 Å². The molecule has 1 saturated carbocycles. The van der Waals surface area contributed by atoms with E-state index in [0.29, 0.717) is 12.0 Å². The van der Waals surface area contributed by atoms with Gasteiger partial charge in [-0.05, 0) is 31.2 Å². The van der Waals surface area contributed by atoms with E-state index in [-0.39, 0.29) is 0 Å². The van der Waals surface area contributed by atoms with E-state index in [9.17, 15) is 0 Å². The van der Waals surface area contributed by atoms with Gasteiger partial charge >= 0.3 is 0 Å². The van der Waals surface area contributed by atoms with Crippen LogP contribution in [0.15, 0.2) is 0 Å². The molecule has 96 valence electrons. The zero-order valence-electron chi connectivity index (χ0n) is 11.3. The van der Waals surface area contributed by atoms with Crippen LogP contribution in [0.3, 0.4) is 0 Å². The van der Waals surface area contributed by atoms with Gasteiger partial charge in [-0.15, -0.1) is 0 Å². The second-order valence-electron chi connectivity index (χ2n) is 5.44. The molecule has 0 bridgehead atoms. The SMILES string of the molecule is CCCNCC(OCCC1CCC1)C(C)C. The number of rotatable bonds is 9. The van der Waals surface area contributed by atoms with Crippen molar-refractivity contribution in [2.75, 3.05) is 19.7 Å². The fraction of sp³-hybridized carbons (Fsp3) is 1.00. The van der Waals surface area contributed by atoms with Crippen molar-refractivity contribution in [1.82, 2.24) is 5.32 Å². The second kappa shape index (κ2) is 8.08. The van der Waals surface area contributed by atoms with Crippen LogP contribution in [0, 0.1) is 11.8 Å². The third-order valence-electron chi connectivity index (χ3n) is 3.60. The van der Waals surface area contributed by atoms with Gasteiger partial charge in [-0.1, -0.05) is 40.0 Å². The van der Waals surface area contributed by atoms with Gasteiger partial charge in [0.1, 0.15) is 0 Å². The first kappa shape index (κ1) is 14.0. The van der Waals surface area contributed by atoms with E-state index in [1.54, 1.807) is 0 Å². The maximum Gasteiger partial charge on any atom is 0.0722 e. The first-order valence-corrected chi connectivity index (χ1v) is 7.06. The van der Waals surface area contributed by atoms with Crippen molar-refractivity contribution in [2.24, 2.45) is 11.8 Å². The van der Waals surface area contributed by atoms with E-state index < -0.39 is 0 Å².